The van der Waals surface area contributed by atoms with Crippen molar-refractivity contribution in [2.45, 2.75) is 64.2 Å². The molecule has 1 saturated heterocycles. The third-order valence-corrected chi connectivity index (χ3v) is 5.87. The molecule has 0 radical (unpaired) electrons. The summed E-state index contributed by atoms with van der Waals surface area (Å²) in [6.45, 7) is 7.35. The molecular formula is C20H28N4O4. The van der Waals surface area contributed by atoms with Crippen LogP contribution in [0, 0.1) is 5.92 Å². The largest absolute Gasteiger partial charge is 0.338 e. The van der Waals surface area contributed by atoms with Gasteiger partial charge in [-0.05, 0) is 31.6 Å². The van der Waals surface area contributed by atoms with E-state index in [1.54, 1.807) is 0 Å². The van der Waals surface area contributed by atoms with Crippen LogP contribution in [0.4, 0.5) is 0 Å². The topological polar surface area (TPSA) is 86.3 Å². The summed E-state index contributed by atoms with van der Waals surface area (Å²) >= 11 is 0. The second-order valence-electron chi connectivity index (χ2n) is 7.57. The van der Waals surface area contributed by atoms with Crippen LogP contribution in [0.5, 0.6) is 0 Å². The maximum Gasteiger partial charge on any atom is 0.337 e. The summed E-state index contributed by atoms with van der Waals surface area (Å²) in [4.78, 5) is 52.8. The highest BCUT2D eigenvalue weighted by Gasteiger charge is 2.36. The van der Waals surface area contributed by atoms with Gasteiger partial charge in [0.25, 0.3) is 0 Å². The molecule has 0 bridgehead atoms. The maximum absolute atomic E-state index is 13.0. The van der Waals surface area contributed by atoms with E-state index in [1.165, 1.54) is 18.6 Å². The van der Waals surface area contributed by atoms with E-state index < -0.39 is 17.1 Å². The molecule has 8 heteroatoms. The van der Waals surface area contributed by atoms with Crippen LogP contribution >= 0.6 is 0 Å². The minimum absolute atomic E-state index is 0.0301. The van der Waals surface area contributed by atoms with Crippen molar-refractivity contribution < 1.29 is 4.79 Å². The van der Waals surface area contributed by atoms with E-state index >= 15 is 0 Å². The molecule has 0 aromatic carbocycles. The molecule has 2 fully saturated rings. The standard InChI is InChI=1S/C20H28N4O4/c1-3-11-22-18(26)23(12-4-2)20(28)24(19(22)27)14-17(25)21-13-7-9-15-8-5-6-10-16(15)21/h3-4,15-16H,1-2,5-14H2. The fraction of sp³-hybridized carbons (Fsp3) is 0.600. The number of aromatic nitrogens is 3. The fourth-order valence-electron chi connectivity index (χ4n) is 4.55. The van der Waals surface area contributed by atoms with Gasteiger partial charge in [0.05, 0.1) is 13.1 Å². The van der Waals surface area contributed by atoms with Crippen molar-refractivity contribution in [3.63, 3.8) is 0 Å². The predicted molar refractivity (Wildman–Crippen MR) is 106 cm³/mol. The minimum atomic E-state index is -0.777. The quantitative estimate of drug-likeness (QED) is 0.672. The van der Waals surface area contributed by atoms with E-state index in [0.717, 1.165) is 45.8 Å². The Morgan fingerprint density at radius 1 is 0.857 bits per heavy atom. The zero-order valence-electron chi connectivity index (χ0n) is 16.2. The summed E-state index contributed by atoms with van der Waals surface area (Å²) in [6, 6.07) is 0.195. The van der Waals surface area contributed by atoms with Crippen LogP contribution in [0.15, 0.2) is 39.7 Å². The van der Waals surface area contributed by atoms with Crippen LogP contribution in [0.25, 0.3) is 0 Å². The van der Waals surface area contributed by atoms with Crippen LogP contribution in [-0.2, 0) is 24.4 Å². The minimum Gasteiger partial charge on any atom is -0.338 e. The van der Waals surface area contributed by atoms with Crippen molar-refractivity contribution in [2.24, 2.45) is 5.92 Å². The number of carbonyl (C=O) groups excluding carboxylic acids is 1. The number of amides is 1. The molecule has 1 saturated carbocycles. The zero-order valence-corrected chi connectivity index (χ0v) is 16.2. The Morgan fingerprint density at radius 3 is 2.00 bits per heavy atom. The number of hydrogen-bond donors (Lipinski definition) is 0. The first-order valence-electron chi connectivity index (χ1n) is 9.95. The Balaban J connectivity index is 1.96. The van der Waals surface area contributed by atoms with E-state index in [2.05, 4.69) is 13.2 Å². The van der Waals surface area contributed by atoms with Crippen LogP contribution in [0.2, 0.25) is 0 Å². The second kappa shape index (κ2) is 8.58. The molecule has 3 rings (SSSR count). The highest BCUT2D eigenvalue weighted by atomic mass is 16.2. The molecule has 0 spiro atoms. The average Bonchev–Trinajstić information content (AvgIpc) is 2.71. The lowest BCUT2D eigenvalue weighted by molar-refractivity contribution is -0.138. The summed E-state index contributed by atoms with van der Waals surface area (Å²) < 4.78 is 2.71. The van der Waals surface area contributed by atoms with Crippen molar-refractivity contribution in [3.8, 4) is 0 Å². The van der Waals surface area contributed by atoms with Crippen molar-refractivity contribution in [1.82, 2.24) is 18.6 Å². The number of carbonyl (C=O) groups is 1. The summed E-state index contributed by atoms with van der Waals surface area (Å²) in [5.41, 5.74) is -2.27. The van der Waals surface area contributed by atoms with Crippen LogP contribution in [0.3, 0.4) is 0 Å². The van der Waals surface area contributed by atoms with Gasteiger partial charge in [0.2, 0.25) is 5.91 Å². The summed E-state index contributed by atoms with van der Waals surface area (Å²) in [5.74, 6) is 0.278. The third-order valence-electron chi connectivity index (χ3n) is 5.87. The first kappa shape index (κ1) is 20.1. The van der Waals surface area contributed by atoms with Crippen molar-refractivity contribution in [1.29, 1.82) is 0 Å². The van der Waals surface area contributed by atoms with Gasteiger partial charge in [-0.15, -0.1) is 13.2 Å². The molecule has 2 aliphatic rings. The van der Waals surface area contributed by atoms with Gasteiger partial charge in [0, 0.05) is 12.6 Å². The normalized spacial score (nSPS) is 21.8. The molecule has 2 unspecified atom stereocenters. The van der Waals surface area contributed by atoms with Gasteiger partial charge >= 0.3 is 17.1 Å². The SMILES string of the molecule is C=CCn1c(=O)n(CC=C)c(=O)n(CC(=O)N2CCCC3CCCCC32)c1=O. The van der Waals surface area contributed by atoms with Crippen LogP contribution in [0.1, 0.15) is 38.5 Å². The van der Waals surface area contributed by atoms with E-state index in [-0.39, 0.29) is 31.6 Å². The van der Waals surface area contributed by atoms with Crippen molar-refractivity contribution >= 4 is 5.91 Å². The summed E-state index contributed by atoms with van der Waals surface area (Å²) in [7, 11) is 0. The number of piperidine rings is 1. The Kier molecular flexibility index (Phi) is 6.16. The number of likely N-dealkylation sites (tertiary alicyclic amines) is 1. The Morgan fingerprint density at radius 2 is 1.39 bits per heavy atom. The van der Waals surface area contributed by atoms with Gasteiger partial charge in [-0.25, -0.2) is 28.1 Å². The molecule has 1 amide bonds. The van der Waals surface area contributed by atoms with E-state index in [9.17, 15) is 19.2 Å². The van der Waals surface area contributed by atoms with Crippen molar-refractivity contribution in [3.05, 3.63) is 56.8 Å². The zero-order chi connectivity index (χ0) is 20.3. The van der Waals surface area contributed by atoms with Gasteiger partial charge < -0.3 is 4.90 Å². The molecule has 1 aliphatic carbocycles. The summed E-state index contributed by atoms with van der Waals surface area (Å²) in [6.07, 6.45) is 9.29. The second-order valence-corrected chi connectivity index (χ2v) is 7.57. The number of fused-ring (bicyclic) bond motifs is 1. The Hall–Kier alpha value is -2.64. The molecule has 2 atom stereocenters. The number of nitrogens with zero attached hydrogens (tertiary/aromatic N) is 4. The van der Waals surface area contributed by atoms with Gasteiger partial charge in [0.15, 0.2) is 0 Å². The number of allylic oxidation sites excluding steroid dienone is 2. The first-order valence-corrected chi connectivity index (χ1v) is 9.95. The molecule has 8 nitrogen and oxygen atoms in total. The maximum atomic E-state index is 13.0. The van der Waals surface area contributed by atoms with Crippen LogP contribution < -0.4 is 17.1 Å². The fourth-order valence-corrected chi connectivity index (χ4v) is 4.55. The van der Waals surface area contributed by atoms with E-state index in [1.807, 2.05) is 4.90 Å². The van der Waals surface area contributed by atoms with Gasteiger partial charge in [-0.2, -0.15) is 0 Å². The third kappa shape index (κ3) is 3.68. The average molecular weight is 388 g/mol. The number of hydrogen-bond acceptors (Lipinski definition) is 4. The highest BCUT2D eigenvalue weighted by molar-refractivity contribution is 5.76. The van der Waals surface area contributed by atoms with Crippen molar-refractivity contribution in [2.75, 3.05) is 6.54 Å². The molecule has 1 aliphatic heterocycles. The predicted octanol–water partition coefficient (Wildman–Crippen LogP) is 0.725. The van der Waals surface area contributed by atoms with Gasteiger partial charge in [-0.3, -0.25) is 4.79 Å². The lowest BCUT2D eigenvalue weighted by atomic mass is 9.78. The van der Waals surface area contributed by atoms with Gasteiger partial charge in [-0.1, -0.05) is 25.0 Å². The Labute approximate surface area is 163 Å². The van der Waals surface area contributed by atoms with E-state index in [0.29, 0.717) is 12.5 Å². The van der Waals surface area contributed by atoms with Crippen LogP contribution in [-0.4, -0.2) is 37.1 Å². The van der Waals surface area contributed by atoms with Gasteiger partial charge in [0.1, 0.15) is 6.54 Å². The number of rotatable bonds is 6. The highest BCUT2D eigenvalue weighted by Crippen LogP contribution is 2.35. The molecule has 28 heavy (non-hydrogen) atoms. The monoisotopic (exact) mass is 388 g/mol. The first-order chi connectivity index (χ1) is 13.5. The molecule has 1 aromatic rings. The molecule has 152 valence electrons. The lowest BCUT2D eigenvalue weighted by Gasteiger charge is -2.44. The molecule has 2 heterocycles. The summed E-state index contributed by atoms with van der Waals surface area (Å²) in [5, 5.41) is 0. The van der Waals surface area contributed by atoms with E-state index in [4.69, 9.17) is 0 Å². The molecule has 0 N–H and O–H groups in total. The Bertz CT molecular complexity index is 889. The lowest BCUT2D eigenvalue weighted by Crippen LogP contribution is -2.57. The smallest absolute Gasteiger partial charge is 0.337 e. The molecule has 1 aromatic heterocycles. The molecular weight excluding hydrogens is 360 g/mol.